The first kappa shape index (κ1) is 13.1. The molecular formula is C11H13Cl2FS. The highest BCUT2D eigenvalue weighted by Gasteiger charge is 2.06. The Labute approximate surface area is 104 Å². The minimum atomic E-state index is -0.229. The molecule has 0 radical (unpaired) electrons. The fourth-order valence-electron chi connectivity index (χ4n) is 1.11. The molecule has 0 aliphatic rings. The molecule has 1 aromatic carbocycles. The van der Waals surface area contributed by atoms with Gasteiger partial charge in [0, 0.05) is 21.9 Å². The van der Waals surface area contributed by atoms with Crippen LogP contribution in [0.25, 0.3) is 0 Å². The van der Waals surface area contributed by atoms with Gasteiger partial charge in [-0.2, -0.15) is 11.8 Å². The summed E-state index contributed by atoms with van der Waals surface area (Å²) in [4.78, 5) is 0. The summed E-state index contributed by atoms with van der Waals surface area (Å²) in [6.07, 6.45) is 0.946. The zero-order valence-electron chi connectivity index (χ0n) is 8.47. The molecule has 0 spiro atoms. The zero-order chi connectivity index (χ0) is 11.3. The lowest BCUT2D eigenvalue weighted by atomic mass is 10.2. The highest BCUT2D eigenvalue weighted by molar-refractivity contribution is 7.99. The van der Waals surface area contributed by atoms with E-state index in [-0.39, 0.29) is 5.82 Å². The van der Waals surface area contributed by atoms with E-state index in [9.17, 15) is 4.39 Å². The van der Waals surface area contributed by atoms with E-state index in [0.29, 0.717) is 27.5 Å². The van der Waals surface area contributed by atoms with E-state index in [1.165, 1.54) is 6.07 Å². The summed E-state index contributed by atoms with van der Waals surface area (Å²) in [5.41, 5.74) is 0.700. The molecule has 0 N–H and O–H groups in total. The molecule has 0 saturated heterocycles. The van der Waals surface area contributed by atoms with Crippen LogP contribution >= 0.6 is 35.0 Å². The maximum absolute atomic E-state index is 13.4. The first-order chi connectivity index (χ1) is 7.13. The Morgan fingerprint density at radius 3 is 2.80 bits per heavy atom. The van der Waals surface area contributed by atoms with E-state index in [1.54, 1.807) is 23.9 Å². The van der Waals surface area contributed by atoms with E-state index in [1.807, 2.05) is 0 Å². The molecule has 1 aromatic rings. The molecule has 84 valence electrons. The number of hydrogen-bond donors (Lipinski definition) is 0. The average Bonchev–Trinajstić information content (AvgIpc) is 2.17. The molecule has 0 saturated carbocycles. The van der Waals surface area contributed by atoms with E-state index in [2.05, 4.69) is 6.92 Å². The third-order valence-corrected chi connectivity index (χ3v) is 3.79. The number of benzene rings is 1. The molecule has 0 fully saturated rings. The molecule has 1 rings (SSSR count). The van der Waals surface area contributed by atoms with Crippen LogP contribution in [0.4, 0.5) is 4.39 Å². The molecule has 1 atom stereocenters. The van der Waals surface area contributed by atoms with Crippen LogP contribution in [-0.4, -0.2) is 11.1 Å². The molecule has 0 aliphatic carbocycles. The highest BCUT2D eigenvalue weighted by atomic mass is 35.5. The average molecular weight is 267 g/mol. The fraction of sp³-hybridized carbons (Fsp3) is 0.455. The first-order valence-electron chi connectivity index (χ1n) is 4.75. The van der Waals surface area contributed by atoms with Gasteiger partial charge >= 0.3 is 0 Å². The second-order valence-electron chi connectivity index (χ2n) is 3.34. The van der Waals surface area contributed by atoms with Crippen LogP contribution in [0.1, 0.15) is 18.9 Å². The van der Waals surface area contributed by atoms with Crippen LogP contribution in [0.3, 0.4) is 0 Å². The highest BCUT2D eigenvalue weighted by Crippen LogP contribution is 2.23. The second-order valence-corrected chi connectivity index (χ2v) is 5.58. The molecule has 0 bridgehead atoms. The van der Waals surface area contributed by atoms with E-state index in [0.717, 1.165) is 6.42 Å². The number of rotatable bonds is 5. The Bertz CT molecular complexity index is 317. The Kier molecular flexibility index (Phi) is 5.80. The van der Waals surface area contributed by atoms with Crippen molar-refractivity contribution in [2.45, 2.75) is 24.3 Å². The van der Waals surface area contributed by atoms with Crippen LogP contribution in [0.15, 0.2) is 18.2 Å². The van der Waals surface area contributed by atoms with Crippen molar-refractivity contribution in [2.75, 3.05) is 5.88 Å². The van der Waals surface area contributed by atoms with Crippen molar-refractivity contribution in [3.8, 4) is 0 Å². The standard InChI is InChI=1S/C11H13Cl2FS/c1-8(4-5-12)15-7-9-2-3-10(13)6-11(9)14/h2-3,6,8H,4-5,7H2,1H3. The summed E-state index contributed by atoms with van der Waals surface area (Å²) in [6.45, 7) is 2.10. The molecule has 1 unspecified atom stereocenters. The Balaban J connectivity index is 2.50. The van der Waals surface area contributed by atoms with Gasteiger partial charge in [0.05, 0.1) is 0 Å². The van der Waals surface area contributed by atoms with Crippen LogP contribution in [0.5, 0.6) is 0 Å². The smallest absolute Gasteiger partial charge is 0.128 e. The van der Waals surface area contributed by atoms with Gasteiger partial charge in [-0.25, -0.2) is 4.39 Å². The molecule has 0 heterocycles. The molecule has 0 nitrogen and oxygen atoms in total. The summed E-state index contributed by atoms with van der Waals surface area (Å²) < 4.78 is 13.4. The largest absolute Gasteiger partial charge is 0.207 e. The van der Waals surface area contributed by atoms with E-state index in [4.69, 9.17) is 23.2 Å². The molecule has 0 amide bonds. The molecule has 4 heteroatoms. The Morgan fingerprint density at radius 1 is 1.47 bits per heavy atom. The van der Waals surface area contributed by atoms with Crippen LogP contribution in [-0.2, 0) is 5.75 Å². The summed E-state index contributed by atoms with van der Waals surface area (Å²) in [7, 11) is 0. The van der Waals surface area contributed by atoms with Crippen molar-refractivity contribution in [1.29, 1.82) is 0 Å². The van der Waals surface area contributed by atoms with Crippen LogP contribution in [0, 0.1) is 5.82 Å². The molecule has 0 aliphatic heterocycles. The van der Waals surface area contributed by atoms with Crippen LogP contribution in [0.2, 0.25) is 5.02 Å². The lowest BCUT2D eigenvalue weighted by molar-refractivity contribution is 0.617. The number of alkyl halides is 1. The number of hydrogen-bond acceptors (Lipinski definition) is 1. The van der Waals surface area contributed by atoms with Crippen LogP contribution < -0.4 is 0 Å². The van der Waals surface area contributed by atoms with Gasteiger partial charge in [-0.05, 0) is 24.1 Å². The van der Waals surface area contributed by atoms with Crippen molar-refractivity contribution in [1.82, 2.24) is 0 Å². The van der Waals surface area contributed by atoms with Crippen molar-refractivity contribution in [3.63, 3.8) is 0 Å². The number of halogens is 3. The summed E-state index contributed by atoms with van der Waals surface area (Å²) >= 11 is 13.0. The van der Waals surface area contributed by atoms with Gasteiger partial charge in [0.25, 0.3) is 0 Å². The fourth-order valence-corrected chi connectivity index (χ4v) is 2.71. The quantitative estimate of drug-likeness (QED) is 0.695. The summed E-state index contributed by atoms with van der Waals surface area (Å²) in [5.74, 6) is 1.09. The third-order valence-electron chi connectivity index (χ3n) is 2.05. The topological polar surface area (TPSA) is 0 Å². The van der Waals surface area contributed by atoms with Crippen molar-refractivity contribution >= 4 is 35.0 Å². The Morgan fingerprint density at radius 2 is 2.20 bits per heavy atom. The monoisotopic (exact) mass is 266 g/mol. The van der Waals surface area contributed by atoms with Gasteiger partial charge < -0.3 is 0 Å². The molecule has 15 heavy (non-hydrogen) atoms. The minimum Gasteiger partial charge on any atom is -0.207 e. The van der Waals surface area contributed by atoms with Gasteiger partial charge in [0.2, 0.25) is 0 Å². The second kappa shape index (κ2) is 6.62. The maximum atomic E-state index is 13.4. The van der Waals surface area contributed by atoms with Gasteiger partial charge in [-0.15, -0.1) is 11.6 Å². The van der Waals surface area contributed by atoms with Crippen molar-refractivity contribution < 1.29 is 4.39 Å². The van der Waals surface area contributed by atoms with E-state index < -0.39 is 0 Å². The summed E-state index contributed by atoms with van der Waals surface area (Å²) in [6, 6.07) is 4.80. The Hall–Kier alpha value is 0.0800. The first-order valence-corrected chi connectivity index (χ1v) is 6.71. The van der Waals surface area contributed by atoms with Crippen molar-refractivity contribution in [2.24, 2.45) is 0 Å². The lowest BCUT2D eigenvalue weighted by Gasteiger charge is -2.09. The predicted molar refractivity (Wildman–Crippen MR) is 67.5 cm³/mol. The minimum absolute atomic E-state index is 0.229. The van der Waals surface area contributed by atoms with Crippen molar-refractivity contribution in [3.05, 3.63) is 34.6 Å². The molecule has 0 aromatic heterocycles. The number of thioether (sulfide) groups is 1. The third kappa shape index (κ3) is 4.62. The summed E-state index contributed by atoms with van der Waals surface area (Å²) in [5, 5.41) is 0.896. The zero-order valence-corrected chi connectivity index (χ0v) is 10.8. The van der Waals surface area contributed by atoms with E-state index >= 15 is 0 Å². The van der Waals surface area contributed by atoms with Gasteiger partial charge in [0.15, 0.2) is 0 Å². The van der Waals surface area contributed by atoms with Gasteiger partial charge in [0.1, 0.15) is 5.82 Å². The lowest BCUT2D eigenvalue weighted by Crippen LogP contribution is -1.98. The maximum Gasteiger partial charge on any atom is 0.128 e. The van der Waals surface area contributed by atoms with Gasteiger partial charge in [-0.3, -0.25) is 0 Å². The normalized spacial score (nSPS) is 12.8. The molecular weight excluding hydrogens is 254 g/mol. The predicted octanol–water partition coefficient (Wildman–Crippen LogP) is 4.73. The SMILES string of the molecule is CC(CCCl)SCc1ccc(Cl)cc1F. The van der Waals surface area contributed by atoms with Gasteiger partial charge in [-0.1, -0.05) is 24.6 Å².